The Bertz CT molecular complexity index is 715. The SMILES string of the molecule is CCn1cnnc1[C@@H]1CCCN(C(=O)Nc2ccccc2COC)C1. The van der Waals surface area contributed by atoms with Crippen LogP contribution in [0.4, 0.5) is 10.5 Å². The van der Waals surface area contributed by atoms with Gasteiger partial charge in [-0.1, -0.05) is 18.2 Å². The Labute approximate surface area is 148 Å². The molecule has 1 fully saturated rings. The van der Waals surface area contributed by atoms with Gasteiger partial charge in [-0.25, -0.2) is 4.79 Å². The van der Waals surface area contributed by atoms with E-state index in [-0.39, 0.29) is 11.9 Å². The Morgan fingerprint density at radius 2 is 2.24 bits per heavy atom. The molecule has 3 rings (SSSR count). The topological polar surface area (TPSA) is 72.3 Å². The molecule has 1 saturated heterocycles. The number of aryl methyl sites for hydroxylation is 1. The molecule has 7 nitrogen and oxygen atoms in total. The van der Waals surface area contributed by atoms with Crippen LogP contribution in [-0.2, 0) is 17.9 Å². The van der Waals surface area contributed by atoms with E-state index in [4.69, 9.17) is 4.74 Å². The monoisotopic (exact) mass is 343 g/mol. The quantitative estimate of drug-likeness (QED) is 0.906. The molecule has 0 spiro atoms. The highest BCUT2D eigenvalue weighted by molar-refractivity contribution is 5.90. The van der Waals surface area contributed by atoms with Crippen LogP contribution in [-0.4, -0.2) is 45.9 Å². The largest absolute Gasteiger partial charge is 0.380 e. The zero-order chi connectivity index (χ0) is 17.6. The van der Waals surface area contributed by atoms with Gasteiger partial charge in [0.2, 0.25) is 0 Å². The highest BCUT2D eigenvalue weighted by atomic mass is 16.5. The molecule has 2 amide bonds. The molecule has 0 saturated carbocycles. The zero-order valence-corrected chi connectivity index (χ0v) is 14.8. The van der Waals surface area contributed by atoms with Crippen LogP contribution in [0.2, 0.25) is 0 Å². The van der Waals surface area contributed by atoms with Crippen molar-refractivity contribution in [1.82, 2.24) is 19.7 Å². The first-order chi connectivity index (χ1) is 12.2. The number of urea groups is 1. The third kappa shape index (κ3) is 3.99. The minimum absolute atomic E-state index is 0.0733. The molecular weight excluding hydrogens is 318 g/mol. The van der Waals surface area contributed by atoms with Crippen molar-refractivity contribution in [2.24, 2.45) is 0 Å². The van der Waals surface area contributed by atoms with Gasteiger partial charge in [0, 0.05) is 43.9 Å². The summed E-state index contributed by atoms with van der Waals surface area (Å²) in [6, 6.07) is 7.65. The number of benzene rings is 1. The highest BCUT2D eigenvalue weighted by Gasteiger charge is 2.28. The van der Waals surface area contributed by atoms with Crippen LogP contribution in [0.25, 0.3) is 0 Å². The fourth-order valence-corrected chi connectivity index (χ4v) is 3.31. The van der Waals surface area contributed by atoms with Gasteiger partial charge < -0.3 is 19.5 Å². The second-order valence-corrected chi connectivity index (χ2v) is 6.28. The molecular formula is C18H25N5O2. The number of nitrogens with zero attached hydrogens (tertiary/aromatic N) is 4. The Kier molecular flexibility index (Phi) is 5.65. The van der Waals surface area contributed by atoms with E-state index in [1.807, 2.05) is 29.2 Å². The minimum atomic E-state index is -0.0733. The first-order valence-corrected chi connectivity index (χ1v) is 8.73. The summed E-state index contributed by atoms with van der Waals surface area (Å²) in [7, 11) is 1.65. The number of methoxy groups -OCH3 is 1. The number of amides is 2. The Morgan fingerprint density at radius 1 is 1.40 bits per heavy atom. The maximum absolute atomic E-state index is 12.7. The fraction of sp³-hybridized carbons (Fsp3) is 0.500. The van der Waals surface area contributed by atoms with E-state index in [2.05, 4.69) is 27.0 Å². The number of piperidine rings is 1. The molecule has 0 bridgehead atoms. The van der Waals surface area contributed by atoms with Gasteiger partial charge >= 0.3 is 6.03 Å². The van der Waals surface area contributed by atoms with E-state index in [1.165, 1.54) is 0 Å². The molecule has 0 unspecified atom stereocenters. The van der Waals surface area contributed by atoms with Gasteiger partial charge in [-0.2, -0.15) is 0 Å². The fourth-order valence-electron chi connectivity index (χ4n) is 3.31. The Morgan fingerprint density at radius 3 is 3.04 bits per heavy atom. The normalized spacial score (nSPS) is 17.5. The van der Waals surface area contributed by atoms with E-state index in [0.29, 0.717) is 13.2 Å². The predicted octanol–water partition coefficient (Wildman–Crippen LogP) is 2.86. The van der Waals surface area contributed by atoms with Crippen molar-refractivity contribution in [2.75, 3.05) is 25.5 Å². The summed E-state index contributed by atoms with van der Waals surface area (Å²) in [6.45, 7) is 4.81. The molecule has 134 valence electrons. The van der Waals surface area contributed by atoms with Crippen molar-refractivity contribution in [2.45, 2.75) is 38.8 Å². The van der Waals surface area contributed by atoms with Crippen molar-refractivity contribution in [3.63, 3.8) is 0 Å². The van der Waals surface area contributed by atoms with Crippen LogP contribution in [0, 0.1) is 0 Å². The lowest BCUT2D eigenvalue weighted by atomic mass is 9.97. The molecule has 1 N–H and O–H groups in total. The van der Waals surface area contributed by atoms with E-state index < -0.39 is 0 Å². The second kappa shape index (κ2) is 8.11. The first kappa shape index (κ1) is 17.4. The lowest BCUT2D eigenvalue weighted by Crippen LogP contribution is -2.42. The van der Waals surface area contributed by atoms with E-state index in [1.54, 1.807) is 13.4 Å². The summed E-state index contributed by atoms with van der Waals surface area (Å²) in [5.74, 6) is 1.20. The number of ether oxygens (including phenoxy) is 1. The van der Waals surface area contributed by atoms with Gasteiger partial charge in [0.25, 0.3) is 0 Å². The second-order valence-electron chi connectivity index (χ2n) is 6.28. The van der Waals surface area contributed by atoms with E-state index >= 15 is 0 Å². The molecule has 1 aromatic carbocycles. The summed E-state index contributed by atoms with van der Waals surface area (Å²) < 4.78 is 7.26. The average Bonchev–Trinajstić information content (AvgIpc) is 3.12. The number of carbonyl (C=O) groups excluding carboxylic acids is 1. The van der Waals surface area contributed by atoms with Crippen molar-refractivity contribution in [1.29, 1.82) is 0 Å². The molecule has 0 radical (unpaired) electrons. The third-order valence-electron chi connectivity index (χ3n) is 4.62. The van der Waals surface area contributed by atoms with Gasteiger partial charge in [0.1, 0.15) is 12.2 Å². The highest BCUT2D eigenvalue weighted by Crippen LogP contribution is 2.26. The summed E-state index contributed by atoms with van der Waals surface area (Å²) in [4.78, 5) is 14.6. The summed E-state index contributed by atoms with van der Waals surface area (Å²) >= 11 is 0. The number of para-hydroxylation sites is 1. The third-order valence-corrected chi connectivity index (χ3v) is 4.62. The zero-order valence-electron chi connectivity index (χ0n) is 14.8. The Hall–Kier alpha value is -2.41. The van der Waals surface area contributed by atoms with E-state index in [0.717, 1.165) is 43.0 Å². The molecule has 1 aliphatic rings. The number of likely N-dealkylation sites (tertiary alicyclic amines) is 1. The molecule has 1 atom stereocenters. The van der Waals surface area contributed by atoms with Crippen LogP contribution in [0.1, 0.15) is 37.1 Å². The lowest BCUT2D eigenvalue weighted by molar-refractivity contribution is 0.184. The standard InChI is InChI=1S/C18H25N5O2/c1-3-22-13-19-21-17(22)14-8-6-10-23(11-14)18(24)20-16-9-5-4-7-15(16)12-25-2/h4-5,7,9,13-14H,3,6,8,10-12H2,1-2H3,(H,20,24)/t14-/m1/s1. The van der Waals surface area contributed by atoms with Crippen molar-refractivity contribution >= 4 is 11.7 Å². The predicted molar refractivity (Wildman–Crippen MR) is 95.4 cm³/mol. The van der Waals surface area contributed by atoms with Crippen molar-refractivity contribution in [3.05, 3.63) is 42.0 Å². The molecule has 1 aromatic heterocycles. The molecule has 25 heavy (non-hydrogen) atoms. The first-order valence-electron chi connectivity index (χ1n) is 8.73. The molecule has 7 heteroatoms. The van der Waals surface area contributed by atoms with Crippen LogP contribution < -0.4 is 5.32 Å². The lowest BCUT2D eigenvalue weighted by Gasteiger charge is -2.32. The summed E-state index contributed by atoms with van der Waals surface area (Å²) in [5.41, 5.74) is 1.77. The number of aromatic nitrogens is 3. The Balaban J connectivity index is 1.68. The van der Waals surface area contributed by atoms with Gasteiger partial charge in [-0.15, -0.1) is 10.2 Å². The van der Waals surface area contributed by atoms with Crippen LogP contribution in [0.15, 0.2) is 30.6 Å². The number of rotatable bonds is 5. The molecule has 2 heterocycles. The summed E-state index contributed by atoms with van der Waals surface area (Å²) in [5, 5.41) is 11.3. The van der Waals surface area contributed by atoms with Crippen LogP contribution in [0.5, 0.6) is 0 Å². The van der Waals surface area contributed by atoms with Crippen molar-refractivity contribution in [3.8, 4) is 0 Å². The number of hydrogen-bond donors (Lipinski definition) is 1. The summed E-state index contributed by atoms with van der Waals surface area (Å²) in [6.07, 6.45) is 3.76. The van der Waals surface area contributed by atoms with Crippen molar-refractivity contribution < 1.29 is 9.53 Å². The van der Waals surface area contributed by atoms with Crippen LogP contribution >= 0.6 is 0 Å². The van der Waals surface area contributed by atoms with E-state index in [9.17, 15) is 4.79 Å². The van der Waals surface area contributed by atoms with Gasteiger partial charge in [-0.05, 0) is 25.8 Å². The molecule has 2 aromatic rings. The van der Waals surface area contributed by atoms with Crippen LogP contribution in [0.3, 0.4) is 0 Å². The maximum atomic E-state index is 12.7. The molecule has 0 aliphatic carbocycles. The number of anilines is 1. The van der Waals surface area contributed by atoms with Gasteiger partial charge in [0.05, 0.1) is 6.61 Å². The smallest absolute Gasteiger partial charge is 0.321 e. The van der Waals surface area contributed by atoms with Gasteiger partial charge in [0.15, 0.2) is 0 Å². The minimum Gasteiger partial charge on any atom is -0.380 e. The number of hydrogen-bond acceptors (Lipinski definition) is 4. The van der Waals surface area contributed by atoms with Gasteiger partial charge in [-0.3, -0.25) is 0 Å². The number of carbonyl (C=O) groups is 1. The number of nitrogens with one attached hydrogen (secondary N) is 1. The average molecular weight is 343 g/mol. The molecule has 1 aliphatic heterocycles. The maximum Gasteiger partial charge on any atom is 0.321 e.